The first-order valence-electron chi connectivity index (χ1n) is 5.44. The van der Waals surface area contributed by atoms with Crippen molar-refractivity contribution in [3.8, 4) is 0 Å². The lowest BCUT2D eigenvalue weighted by Crippen LogP contribution is -2.35. The molecule has 0 amide bonds. The summed E-state index contributed by atoms with van der Waals surface area (Å²) in [6.45, 7) is 4.77. The summed E-state index contributed by atoms with van der Waals surface area (Å²) < 4.78 is 0. The van der Waals surface area contributed by atoms with Crippen molar-refractivity contribution >= 4 is 0 Å². The summed E-state index contributed by atoms with van der Waals surface area (Å²) in [4.78, 5) is 4.79. The smallest absolute Gasteiger partial charge is 0.0109 e. The van der Waals surface area contributed by atoms with Gasteiger partial charge < -0.3 is 9.80 Å². The number of nitrogens with zero attached hydrogens (tertiary/aromatic N) is 2. The normalized spacial score (nSPS) is 29.1. The molecule has 2 nitrogen and oxygen atoms in total. The maximum absolute atomic E-state index is 2.53. The Kier molecular flexibility index (Phi) is 4.20. The highest BCUT2D eigenvalue weighted by atomic mass is 15.2. The van der Waals surface area contributed by atoms with Crippen LogP contribution < -0.4 is 0 Å². The van der Waals surface area contributed by atoms with E-state index in [0.717, 1.165) is 12.0 Å². The maximum atomic E-state index is 2.53. The van der Waals surface area contributed by atoms with Crippen molar-refractivity contribution in [2.45, 2.75) is 32.2 Å². The highest BCUT2D eigenvalue weighted by Gasteiger charge is 2.24. The van der Waals surface area contributed by atoms with Crippen molar-refractivity contribution in [3.05, 3.63) is 0 Å². The number of hydrogen-bond donors (Lipinski definition) is 0. The minimum atomic E-state index is 0.856. The molecular weight excluding hydrogens is 160 g/mol. The van der Waals surface area contributed by atoms with Gasteiger partial charge in [-0.3, -0.25) is 0 Å². The Balaban J connectivity index is 2.19. The molecule has 1 saturated carbocycles. The second kappa shape index (κ2) is 4.97. The van der Waals surface area contributed by atoms with Crippen LogP contribution in [0.4, 0.5) is 0 Å². The zero-order valence-corrected chi connectivity index (χ0v) is 9.58. The average molecular weight is 184 g/mol. The lowest BCUT2D eigenvalue weighted by Gasteiger charge is -2.25. The molecule has 0 aliphatic heterocycles. The summed E-state index contributed by atoms with van der Waals surface area (Å²) in [6, 6.07) is 0.856. The predicted molar refractivity (Wildman–Crippen MR) is 58.0 cm³/mol. The van der Waals surface area contributed by atoms with Gasteiger partial charge >= 0.3 is 0 Å². The van der Waals surface area contributed by atoms with E-state index in [1.54, 1.807) is 0 Å². The molecule has 0 aromatic rings. The van der Waals surface area contributed by atoms with E-state index in [0.29, 0.717) is 0 Å². The third-order valence-electron chi connectivity index (χ3n) is 3.19. The summed E-state index contributed by atoms with van der Waals surface area (Å²) in [6.07, 6.45) is 4.24. The van der Waals surface area contributed by atoms with Gasteiger partial charge in [0.25, 0.3) is 0 Å². The summed E-state index contributed by atoms with van der Waals surface area (Å²) in [5.74, 6) is 0.951. The van der Waals surface area contributed by atoms with Crippen LogP contribution in [0.1, 0.15) is 26.2 Å². The Hall–Kier alpha value is -0.0800. The van der Waals surface area contributed by atoms with E-state index < -0.39 is 0 Å². The molecule has 0 heterocycles. The van der Waals surface area contributed by atoms with Crippen LogP contribution in [0.5, 0.6) is 0 Å². The maximum Gasteiger partial charge on any atom is 0.0109 e. The minimum absolute atomic E-state index is 0.856. The molecule has 0 radical (unpaired) electrons. The van der Waals surface area contributed by atoms with E-state index in [-0.39, 0.29) is 0 Å². The van der Waals surface area contributed by atoms with E-state index in [4.69, 9.17) is 0 Å². The van der Waals surface area contributed by atoms with Crippen molar-refractivity contribution in [2.24, 2.45) is 5.92 Å². The molecule has 2 atom stereocenters. The molecule has 0 spiro atoms. The Bertz CT molecular complexity index is 145. The van der Waals surface area contributed by atoms with Gasteiger partial charge in [-0.15, -0.1) is 0 Å². The Morgan fingerprint density at radius 3 is 2.23 bits per heavy atom. The van der Waals surface area contributed by atoms with Crippen LogP contribution >= 0.6 is 0 Å². The zero-order chi connectivity index (χ0) is 9.84. The van der Waals surface area contributed by atoms with Gasteiger partial charge in [0.1, 0.15) is 0 Å². The second-order valence-electron chi connectivity index (χ2n) is 4.86. The lowest BCUT2D eigenvalue weighted by atomic mass is 10.1. The first-order chi connectivity index (χ1) is 6.09. The average Bonchev–Trinajstić information content (AvgIpc) is 2.47. The van der Waals surface area contributed by atoms with Crippen molar-refractivity contribution in [3.63, 3.8) is 0 Å². The van der Waals surface area contributed by atoms with Gasteiger partial charge in [-0.25, -0.2) is 0 Å². The third-order valence-corrected chi connectivity index (χ3v) is 3.19. The van der Waals surface area contributed by atoms with Crippen molar-refractivity contribution in [2.75, 3.05) is 34.2 Å². The molecule has 2 heteroatoms. The molecule has 1 rings (SSSR count). The van der Waals surface area contributed by atoms with E-state index in [2.05, 4.69) is 37.9 Å². The molecule has 1 aliphatic carbocycles. The molecule has 0 N–H and O–H groups in total. The topological polar surface area (TPSA) is 6.48 Å². The highest BCUT2D eigenvalue weighted by Crippen LogP contribution is 2.27. The lowest BCUT2D eigenvalue weighted by molar-refractivity contribution is 0.216. The predicted octanol–water partition coefficient (Wildman–Crippen LogP) is 1.67. The van der Waals surface area contributed by atoms with Crippen LogP contribution in [-0.2, 0) is 0 Å². The molecule has 0 aromatic heterocycles. The number of likely N-dealkylation sites (N-methyl/N-ethyl adjacent to an activating group) is 2. The summed E-state index contributed by atoms with van der Waals surface area (Å²) >= 11 is 0. The SMILES string of the molecule is C[C@@H]1CC[C@@H](N(C)CCN(C)C)C1. The van der Waals surface area contributed by atoms with Crippen molar-refractivity contribution in [1.29, 1.82) is 0 Å². The van der Waals surface area contributed by atoms with Gasteiger partial charge in [-0.05, 0) is 46.3 Å². The molecular formula is C11H24N2. The molecule has 1 fully saturated rings. The quantitative estimate of drug-likeness (QED) is 0.656. The Morgan fingerprint density at radius 1 is 1.08 bits per heavy atom. The highest BCUT2D eigenvalue weighted by molar-refractivity contribution is 4.79. The van der Waals surface area contributed by atoms with Gasteiger partial charge in [-0.1, -0.05) is 6.92 Å². The Labute approximate surface area is 82.9 Å². The molecule has 0 saturated heterocycles. The zero-order valence-electron chi connectivity index (χ0n) is 9.58. The van der Waals surface area contributed by atoms with Crippen molar-refractivity contribution < 1.29 is 0 Å². The third kappa shape index (κ3) is 3.65. The number of hydrogen-bond acceptors (Lipinski definition) is 2. The first-order valence-corrected chi connectivity index (χ1v) is 5.44. The fraction of sp³-hybridized carbons (Fsp3) is 1.00. The Morgan fingerprint density at radius 2 is 1.77 bits per heavy atom. The summed E-state index contributed by atoms with van der Waals surface area (Å²) in [5, 5.41) is 0. The van der Waals surface area contributed by atoms with Crippen molar-refractivity contribution in [1.82, 2.24) is 9.80 Å². The van der Waals surface area contributed by atoms with Gasteiger partial charge in [0, 0.05) is 19.1 Å². The standard InChI is InChI=1S/C11H24N2/c1-10-5-6-11(9-10)13(4)8-7-12(2)3/h10-11H,5-9H2,1-4H3/t10-,11-/m1/s1. The molecule has 78 valence electrons. The van der Waals surface area contributed by atoms with Crippen LogP contribution in [0.3, 0.4) is 0 Å². The van der Waals surface area contributed by atoms with Gasteiger partial charge in [0.15, 0.2) is 0 Å². The largest absolute Gasteiger partial charge is 0.308 e. The summed E-state index contributed by atoms with van der Waals surface area (Å²) in [7, 11) is 6.56. The van der Waals surface area contributed by atoms with E-state index in [1.165, 1.54) is 32.4 Å². The van der Waals surface area contributed by atoms with Crippen LogP contribution in [0.15, 0.2) is 0 Å². The molecule has 0 aromatic carbocycles. The summed E-state index contributed by atoms with van der Waals surface area (Å²) in [5.41, 5.74) is 0. The fourth-order valence-electron chi connectivity index (χ4n) is 2.12. The molecule has 13 heavy (non-hydrogen) atoms. The van der Waals surface area contributed by atoms with E-state index in [9.17, 15) is 0 Å². The first kappa shape index (κ1) is 11.0. The minimum Gasteiger partial charge on any atom is -0.308 e. The molecule has 1 aliphatic rings. The van der Waals surface area contributed by atoms with Crippen LogP contribution in [0.25, 0.3) is 0 Å². The van der Waals surface area contributed by atoms with Gasteiger partial charge in [0.05, 0.1) is 0 Å². The molecule has 0 bridgehead atoms. The van der Waals surface area contributed by atoms with Crippen LogP contribution in [0, 0.1) is 5.92 Å². The molecule has 0 unspecified atom stereocenters. The van der Waals surface area contributed by atoms with Gasteiger partial charge in [0.2, 0.25) is 0 Å². The monoisotopic (exact) mass is 184 g/mol. The second-order valence-corrected chi connectivity index (χ2v) is 4.86. The number of rotatable bonds is 4. The fourth-order valence-corrected chi connectivity index (χ4v) is 2.12. The van der Waals surface area contributed by atoms with Crippen LogP contribution in [0.2, 0.25) is 0 Å². The van der Waals surface area contributed by atoms with Gasteiger partial charge in [-0.2, -0.15) is 0 Å². The van der Waals surface area contributed by atoms with E-state index >= 15 is 0 Å². The van der Waals surface area contributed by atoms with Crippen LogP contribution in [-0.4, -0.2) is 50.1 Å². The van der Waals surface area contributed by atoms with E-state index in [1.807, 2.05) is 0 Å².